The highest BCUT2D eigenvalue weighted by Crippen LogP contribution is 2.52. The molecule has 0 unspecified atom stereocenters. The number of nitrogens with zero attached hydrogens (tertiary/aromatic N) is 2. The predicted molar refractivity (Wildman–Crippen MR) is 98.9 cm³/mol. The molecule has 2 saturated heterocycles. The highest BCUT2D eigenvalue weighted by molar-refractivity contribution is 7.18. The van der Waals surface area contributed by atoms with Gasteiger partial charge in [-0.1, -0.05) is 12.1 Å². The second-order valence-electron chi connectivity index (χ2n) is 8.06. The summed E-state index contributed by atoms with van der Waals surface area (Å²) >= 11 is 1.79. The van der Waals surface area contributed by atoms with Crippen LogP contribution >= 0.6 is 11.3 Å². The molecule has 26 heavy (non-hydrogen) atoms. The maximum atomic E-state index is 12.8. The van der Waals surface area contributed by atoms with Gasteiger partial charge in [-0.2, -0.15) is 0 Å². The Labute approximate surface area is 156 Å². The highest BCUT2D eigenvalue weighted by atomic mass is 32.1. The van der Waals surface area contributed by atoms with E-state index in [0.29, 0.717) is 18.9 Å². The zero-order valence-electron chi connectivity index (χ0n) is 14.6. The van der Waals surface area contributed by atoms with E-state index in [-0.39, 0.29) is 23.2 Å². The van der Waals surface area contributed by atoms with Crippen LogP contribution in [0.1, 0.15) is 43.0 Å². The van der Waals surface area contributed by atoms with Crippen LogP contribution in [0.4, 0.5) is 0 Å². The van der Waals surface area contributed by atoms with Crippen molar-refractivity contribution in [2.45, 2.75) is 38.0 Å². The normalized spacial score (nSPS) is 29.2. The Morgan fingerprint density at radius 3 is 2.69 bits per heavy atom. The van der Waals surface area contributed by atoms with Gasteiger partial charge in [0.15, 0.2) is 0 Å². The minimum Gasteiger partial charge on any atom is -0.465 e. The summed E-state index contributed by atoms with van der Waals surface area (Å²) in [5.74, 6) is 0.721. The zero-order chi connectivity index (χ0) is 17.7. The average Bonchev–Trinajstić information content (AvgIpc) is 3.23. The number of para-hydroxylation sites is 1. The molecule has 1 aromatic carbocycles. The topological polar surface area (TPSA) is 59.5 Å². The number of hydrogen-bond donors (Lipinski definition) is 0. The van der Waals surface area contributed by atoms with Gasteiger partial charge in [-0.15, -0.1) is 11.3 Å². The number of rotatable bonds is 2. The number of ether oxygens (including phenoxy) is 1. The monoisotopic (exact) mass is 370 g/mol. The van der Waals surface area contributed by atoms with Crippen LogP contribution in [0.3, 0.4) is 0 Å². The quantitative estimate of drug-likeness (QED) is 0.761. The van der Waals surface area contributed by atoms with E-state index >= 15 is 0 Å². The molecule has 2 aromatic rings. The molecule has 1 spiro atoms. The number of thiazole rings is 1. The van der Waals surface area contributed by atoms with Crippen molar-refractivity contribution >= 4 is 33.4 Å². The Hall–Kier alpha value is -1.95. The molecule has 1 saturated carbocycles. The third kappa shape index (κ3) is 2.71. The first-order valence-corrected chi connectivity index (χ1v) is 10.2. The fourth-order valence-corrected chi connectivity index (χ4v) is 5.87. The lowest BCUT2D eigenvalue weighted by Gasteiger charge is -2.44. The largest absolute Gasteiger partial charge is 0.465 e. The third-order valence-electron chi connectivity index (χ3n) is 6.23. The molecule has 5 nitrogen and oxygen atoms in total. The van der Waals surface area contributed by atoms with E-state index in [9.17, 15) is 9.59 Å². The number of esters is 1. The SMILES string of the molecule is O=C1CC2(CO1)CC(C(=O)N1CCC(c3nc4ccccc4s3)CC1)C2. The van der Waals surface area contributed by atoms with Crippen molar-refractivity contribution < 1.29 is 14.3 Å². The van der Waals surface area contributed by atoms with E-state index in [0.717, 1.165) is 44.3 Å². The first-order chi connectivity index (χ1) is 12.6. The first kappa shape index (κ1) is 16.2. The van der Waals surface area contributed by atoms with Crippen LogP contribution in [0.2, 0.25) is 0 Å². The van der Waals surface area contributed by atoms with E-state index < -0.39 is 0 Å². The van der Waals surface area contributed by atoms with Crippen LogP contribution in [0, 0.1) is 11.3 Å². The average molecular weight is 370 g/mol. The number of hydrogen-bond acceptors (Lipinski definition) is 5. The Morgan fingerprint density at radius 2 is 2.00 bits per heavy atom. The minimum atomic E-state index is -0.104. The number of benzene rings is 1. The van der Waals surface area contributed by atoms with Crippen LogP contribution in [0.25, 0.3) is 10.2 Å². The molecule has 5 rings (SSSR count). The number of carbonyl (C=O) groups is 2. The van der Waals surface area contributed by atoms with E-state index in [1.165, 1.54) is 9.71 Å². The summed E-state index contributed by atoms with van der Waals surface area (Å²) < 4.78 is 6.35. The number of piperidine rings is 1. The van der Waals surface area contributed by atoms with Crippen molar-refractivity contribution in [1.29, 1.82) is 0 Å². The molecule has 3 fully saturated rings. The van der Waals surface area contributed by atoms with E-state index in [1.807, 2.05) is 11.0 Å². The van der Waals surface area contributed by atoms with Crippen molar-refractivity contribution in [3.8, 4) is 0 Å². The molecular formula is C20H22N2O3S. The third-order valence-corrected chi connectivity index (χ3v) is 7.43. The molecule has 1 amide bonds. The molecule has 3 aliphatic rings. The van der Waals surface area contributed by atoms with Crippen LogP contribution in [0.15, 0.2) is 24.3 Å². The predicted octanol–water partition coefficient (Wildman–Crippen LogP) is 3.35. The van der Waals surface area contributed by atoms with Crippen LogP contribution in [-0.4, -0.2) is 41.5 Å². The van der Waals surface area contributed by atoms with Crippen molar-refractivity contribution in [2.75, 3.05) is 19.7 Å². The molecule has 136 valence electrons. The lowest BCUT2D eigenvalue weighted by Crippen LogP contribution is -2.49. The van der Waals surface area contributed by atoms with Crippen LogP contribution in [-0.2, 0) is 14.3 Å². The summed E-state index contributed by atoms with van der Waals surface area (Å²) in [6, 6.07) is 8.28. The fraction of sp³-hybridized carbons (Fsp3) is 0.550. The number of cyclic esters (lactones) is 1. The molecule has 0 radical (unpaired) electrons. The Kier molecular flexibility index (Phi) is 3.78. The van der Waals surface area contributed by atoms with Gasteiger partial charge in [0.25, 0.3) is 0 Å². The maximum Gasteiger partial charge on any atom is 0.306 e. The lowest BCUT2D eigenvalue weighted by atomic mass is 9.61. The summed E-state index contributed by atoms with van der Waals surface area (Å²) in [5.41, 5.74) is 1.05. The van der Waals surface area contributed by atoms with Gasteiger partial charge in [0.1, 0.15) is 0 Å². The first-order valence-electron chi connectivity index (χ1n) is 9.42. The van der Waals surface area contributed by atoms with Gasteiger partial charge in [0.2, 0.25) is 5.91 Å². The van der Waals surface area contributed by atoms with Crippen molar-refractivity contribution in [3.05, 3.63) is 29.3 Å². The van der Waals surface area contributed by atoms with E-state index in [4.69, 9.17) is 9.72 Å². The second kappa shape index (κ2) is 6.05. The molecule has 3 heterocycles. The van der Waals surface area contributed by atoms with Crippen LogP contribution in [0.5, 0.6) is 0 Å². The summed E-state index contributed by atoms with van der Waals surface area (Å²) in [7, 11) is 0. The molecule has 1 aromatic heterocycles. The van der Waals surface area contributed by atoms with Gasteiger partial charge in [-0.05, 0) is 37.8 Å². The summed E-state index contributed by atoms with van der Waals surface area (Å²) in [6.07, 6.45) is 4.11. The molecule has 0 N–H and O–H groups in total. The molecule has 1 aliphatic carbocycles. The van der Waals surface area contributed by atoms with Crippen molar-refractivity contribution in [1.82, 2.24) is 9.88 Å². The Bertz CT molecular complexity index is 830. The highest BCUT2D eigenvalue weighted by Gasteiger charge is 2.53. The van der Waals surface area contributed by atoms with Gasteiger partial charge >= 0.3 is 5.97 Å². The smallest absolute Gasteiger partial charge is 0.306 e. The van der Waals surface area contributed by atoms with Crippen molar-refractivity contribution in [2.24, 2.45) is 11.3 Å². The standard InChI is InChI=1S/C20H22N2O3S/c23-17-11-20(12-25-17)9-14(10-20)19(24)22-7-5-13(6-8-22)18-21-15-3-1-2-4-16(15)26-18/h1-4,13-14H,5-12H2. The number of aromatic nitrogens is 1. The van der Waals surface area contributed by atoms with Gasteiger partial charge in [-0.3, -0.25) is 9.59 Å². The second-order valence-corrected chi connectivity index (χ2v) is 9.12. The number of likely N-dealkylation sites (tertiary alicyclic amines) is 1. The Balaban J connectivity index is 1.18. The van der Waals surface area contributed by atoms with Gasteiger partial charge < -0.3 is 9.64 Å². The van der Waals surface area contributed by atoms with Crippen molar-refractivity contribution in [3.63, 3.8) is 0 Å². The fourth-order valence-electron chi connectivity index (χ4n) is 4.73. The molecule has 6 heteroatoms. The Morgan fingerprint density at radius 1 is 1.23 bits per heavy atom. The van der Waals surface area contributed by atoms with Gasteiger partial charge in [0, 0.05) is 30.3 Å². The van der Waals surface area contributed by atoms with Crippen LogP contribution < -0.4 is 0 Å². The number of carbonyl (C=O) groups excluding carboxylic acids is 2. The lowest BCUT2D eigenvalue weighted by molar-refractivity contribution is -0.144. The van der Waals surface area contributed by atoms with Gasteiger partial charge in [0.05, 0.1) is 28.3 Å². The molecule has 0 atom stereocenters. The summed E-state index contributed by atoms with van der Waals surface area (Å²) in [6.45, 7) is 2.14. The van der Waals surface area contributed by atoms with E-state index in [2.05, 4.69) is 18.2 Å². The summed E-state index contributed by atoms with van der Waals surface area (Å²) in [5, 5.41) is 1.21. The van der Waals surface area contributed by atoms with Gasteiger partial charge in [-0.25, -0.2) is 4.98 Å². The molecular weight excluding hydrogens is 348 g/mol. The molecule has 2 aliphatic heterocycles. The number of fused-ring (bicyclic) bond motifs is 1. The number of amides is 1. The van der Waals surface area contributed by atoms with E-state index in [1.54, 1.807) is 11.3 Å². The minimum absolute atomic E-state index is 0.0310. The summed E-state index contributed by atoms with van der Waals surface area (Å²) in [4.78, 5) is 30.9. The molecule has 0 bridgehead atoms. The zero-order valence-corrected chi connectivity index (χ0v) is 15.5. The maximum absolute atomic E-state index is 12.8.